The minimum Gasteiger partial charge on any atom is -0.466 e. The Kier molecular flexibility index (Phi) is 6.92. The van der Waals surface area contributed by atoms with Crippen LogP contribution in [-0.4, -0.2) is 23.5 Å². The lowest BCUT2D eigenvalue weighted by molar-refractivity contribution is -0.142. The highest BCUT2D eigenvalue weighted by Crippen LogP contribution is 2.19. The number of nitrogens with zero attached hydrogens (tertiary/aromatic N) is 1. The molecule has 0 unspecified atom stereocenters. The number of hydrogen-bond acceptors (Lipinski definition) is 5. The summed E-state index contributed by atoms with van der Waals surface area (Å²) in [5.74, 6) is -0.516. The zero-order valence-corrected chi connectivity index (χ0v) is 16.5. The molecule has 0 aliphatic rings. The second-order valence-corrected chi connectivity index (χ2v) is 7.08. The molecule has 0 aliphatic heterocycles. The molecule has 2 aromatic carbocycles. The number of aryl methyl sites for hydroxylation is 2. The number of esters is 1. The van der Waals surface area contributed by atoms with Gasteiger partial charge in [0.05, 0.1) is 18.7 Å². The van der Waals surface area contributed by atoms with Gasteiger partial charge in [-0.15, -0.1) is 11.3 Å². The molecular formula is C22H22N2O3S. The first-order chi connectivity index (χ1) is 13.7. The second-order valence-electron chi connectivity index (χ2n) is 6.22. The Bertz CT molecular complexity index is 938. The lowest BCUT2D eigenvalue weighted by atomic mass is 9.99. The summed E-state index contributed by atoms with van der Waals surface area (Å²) in [5.41, 5.74) is 3.46. The molecule has 1 aromatic heterocycles. The van der Waals surface area contributed by atoms with Crippen molar-refractivity contribution in [1.29, 1.82) is 0 Å². The van der Waals surface area contributed by atoms with Crippen LogP contribution in [0.5, 0.6) is 0 Å². The van der Waals surface area contributed by atoms with Gasteiger partial charge in [0.15, 0.2) is 5.13 Å². The molecule has 1 heterocycles. The molecule has 1 N–H and O–H groups in total. The first-order valence-corrected chi connectivity index (χ1v) is 10.1. The van der Waals surface area contributed by atoms with Crippen LogP contribution < -0.4 is 5.32 Å². The maximum atomic E-state index is 12.7. The first-order valence-electron chi connectivity index (χ1n) is 9.19. The highest BCUT2D eigenvalue weighted by Gasteiger charge is 2.14. The van der Waals surface area contributed by atoms with E-state index < -0.39 is 0 Å². The van der Waals surface area contributed by atoms with Crippen molar-refractivity contribution in [3.8, 4) is 0 Å². The molecule has 1 amide bonds. The Hall–Kier alpha value is -2.99. The van der Waals surface area contributed by atoms with Crippen molar-refractivity contribution in [2.75, 3.05) is 11.9 Å². The molecule has 6 heteroatoms. The Morgan fingerprint density at radius 2 is 1.79 bits per heavy atom. The van der Waals surface area contributed by atoms with E-state index in [1.54, 1.807) is 12.3 Å². The van der Waals surface area contributed by atoms with Crippen molar-refractivity contribution in [3.05, 3.63) is 82.4 Å². The number of carbonyl (C=O) groups is 2. The summed E-state index contributed by atoms with van der Waals surface area (Å²) >= 11 is 1.30. The third-order valence-electron chi connectivity index (χ3n) is 4.19. The highest BCUT2D eigenvalue weighted by molar-refractivity contribution is 7.14. The van der Waals surface area contributed by atoms with Crippen LogP contribution in [0.4, 0.5) is 5.13 Å². The predicted molar refractivity (Wildman–Crippen MR) is 111 cm³/mol. The molecule has 144 valence electrons. The Morgan fingerprint density at radius 1 is 1.04 bits per heavy atom. The third-order valence-corrected chi connectivity index (χ3v) is 5.00. The van der Waals surface area contributed by atoms with Crippen LogP contribution in [0.1, 0.15) is 34.1 Å². The van der Waals surface area contributed by atoms with Gasteiger partial charge in [0, 0.05) is 10.9 Å². The molecule has 0 fully saturated rings. The molecule has 0 saturated heterocycles. The van der Waals surface area contributed by atoms with Crippen molar-refractivity contribution in [3.63, 3.8) is 0 Å². The number of amides is 1. The normalized spacial score (nSPS) is 10.5. The van der Waals surface area contributed by atoms with Crippen molar-refractivity contribution in [2.45, 2.75) is 26.2 Å². The molecule has 0 radical (unpaired) electrons. The van der Waals surface area contributed by atoms with E-state index in [0.717, 1.165) is 18.4 Å². The Morgan fingerprint density at radius 3 is 2.57 bits per heavy atom. The number of ether oxygens (including phenoxy) is 1. The van der Waals surface area contributed by atoms with Crippen molar-refractivity contribution >= 4 is 28.3 Å². The number of rotatable bonds is 8. The molecule has 0 atom stereocenters. The van der Waals surface area contributed by atoms with E-state index in [1.807, 2.05) is 42.5 Å². The molecule has 5 nitrogen and oxygen atoms in total. The van der Waals surface area contributed by atoms with Gasteiger partial charge in [0.1, 0.15) is 0 Å². The fraction of sp³-hybridized carbons (Fsp3) is 0.227. The van der Waals surface area contributed by atoms with Crippen molar-refractivity contribution < 1.29 is 14.3 Å². The molecule has 0 spiro atoms. The molecule has 0 aliphatic carbocycles. The number of thiazole rings is 1. The minimum atomic E-state index is -0.322. The van der Waals surface area contributed by atoms with Gasteiger partial charge in [-0.25, -0.2) is 4.98 Å². The van der Waals surface area contributed by atoms with Crippen LogP contribution in [0.3, 0.4) is 0 Å². The van der Waals surface area contributed by atoms with E-state index in [9.17, 15) is 9.59 Å². The third kappa shape index (κ3) is 5.50. The first kappa shape index (κ1) is 19.8. The lowest BCUT2D eigenvalue weighted by Crippen LogP contribution is -2.15. The summed E-state index contributed by atoms with van der Waals surface area (Å²) in [4.78, 5) is 28.6. The molecule has 0 bridgehead atoms. The van der Waals surface area contributed by atoms with Gasteiger partial charge < -0.3 is 4.74 Å². The van der Waals surface area contributed by atoms with E-state index in [2.05, 4.69) is 22.4 Å². The Balaban J connectivity index is 1.64. The van der Waals surface area contributed by atoms with Crippen LogP contribution in [0.15, 0.2) is 60.0 Å². The average Bonchev–Trinajstić information content (AvgIpc) is 3.14. The smallest absolute Gasteiger partial charge is 0.311 e. The summed E-state index contributed by atoms with van der Waals surface area (Å²) in [6, 6.07) is 17.8. The number of hydrogen-bond donors (Lipinski definition) is 1. The van der Waals surface area contributed by atoms with Crippen LogP contribution in [-0.2, 0) is 28.8 Å². The van der Waals surface area contributed by atoms with E-state index in [1.165, 1.54) is 16.9 Å². The van der Waals surface area contributed by atoms with Gasteiger partial charge >= 0.3 is 5.97 Å². The van der Waals surface area contributed by atoms with Gasteiger partial charge in [0.25, 0.3) is 5.91 Å². The van der Waals surface area contributed by atoms with Gasteiger partial charge in [-0.1, -0.05) is 48.5 Å². The molecule has 3 rings (SSSR count). The van der Waals surface area contributed by atoms with Crippen LogP contribution in [0, 0.1) is 0 Å². The fourth-order valence-electron chi connectivity index (χ4n) is 2.85. The zero-order chi connectivity index (χ0) is 19.8. The standard InChI is InChI=1S/C22H22N2O3S/c1-2-27-20(25)14-18-15-28-22(23-18)24-21(26)19-11-7-6-10-17(19)13-12-16-8-4-3-5-9-16/h3-11,15H,2,12-14H2,1H3,(H,23,24,26). The second kappa shape index (κ2) is 9.80. The van der Waals surface area contributed by atoms with Crippen LogP contribution >= 0.6 is 11.3 Å². The highest BCUT2D eigenvalue weighted by atomic mass is 32.1. The maximum Gasteiger partial charge on any atom is 0.311 e. The van der Waals surface area contributed by atoms with Gasteiger partial charge in [-0.05, 0) is 37.0 Å². The predicted octanol–water partition coefficient (Wildman–Crippen LogP) is 4.29. The molecular weight excluding hydrogens is 372 g/mol. The largest absolute Gasteiger partial charge is 0.466 e. The number of carbonyl (C=O) groups excluding carboxylic acids is 2. The van der Waals surface area contributed by atoms with Crippen LogP contribution in [0.2, 0.25) is 0 Å². The summed E-state index contributed by atoms with van der Waals surface area (Å²) in [5, 5.41) is 5.07. The summed E-state index contributed by atoms with van der Waals surface area (Å²) in [6.07, 6.45) is 1.75. The molecule has 3 aromatic rings. The van der Waals surface area contributed by atoms with Gasteiger partial charge in [-0.3, -0.25) is 14.9 Å². The number of benzene rings is 2. The number of anilines is 1. The summed E-state index contributed by atoms with van der Waals surface area (Å²) in [7, 11) is 0. The van der Waals surface area contributed by atoms with Crippen molar-refractivity contribution in [1.82, 2.24) is 4.98 Å². The fourth-order valence-corrected chi connectivity index (χ4v) is 3.56. The molecule has 0 saturated carbocycles. The van der Waals surface area contributed by atoms with E-state index in [-0.39, 0.29) is 18.3 Å². The van der Waals surface area contributed by atoms with E-state index in [0.29, 0.717) is 23.0 Å². The monoisotopic (exact) mass is 394 g/mol. The molecule has 28 heavy (non-hydrogen) atoms. The maximum absolute atomic E-state index is 12.7. The van der Waals surface area contributed by atoms with Crippen LogP contribution in [0.25, 0.3) is 0 Å². The quantitative estimate of drug-likeness (QED) is 0.579. The minimum absolute atomic E-state index is 0.105. The van der Waals surface area contributed by atoms with Gasteiger partial charge in [-0.2, -0.15) is 0 Å². The number of aromatic nitrogens is 1. The average molecular weight is 394 g/mol. The zero-order valence-electron chi connectivity index (χ0n) is 15.7. The Labute approximate surface area is 168 Å². The topological polar surface area (TPSA) is 68.3 Å². The number of nitrogens with one attached hydrogen (secondary N) is 1. The van der Waals surface area contributed by atoms with E-state index in [4.69, 9.17) is 4.74 Å². The lowest BCUT2D eigenvalue weighted by Gasteiger charge is -2.09. The summed E-state index contributed by atoms with van der Waals surface area (Å²) in [6.45, 7) is 2.10. The SMILES string of the molecule is CCOC(=O)Cc1csc(NC(=O)c2ccccc2CCc2ccccc2)n1. The van der Waals surface area contributed by atoms with Gasteiger partial charge in [0.2, 0.25) is 0 Å². The van der Waals surface area contributed by atoms with Crippen molar-refractivity contribution in [2.24, 2.45) is 0 Å². The summed E-state index contributed by atoms with van der Waals surface area (Å²) < 4.78 is 4.92. The van der Waals surface area contributed by atoms with E-state index >= 15 is 0 Å².